The number of hydrogen-bond acceptors (Lipinski definition) is 5. The van der Waals surface area contributed by atoms with Crippen molar-refractivity contribution in [2.24, 2.45) is 10.7 Å². The molecular formula is C28H27FN4O4. The van der Waals surface area contributed by atoms with Gasteiger partial charge in [0.15, 0.2) is 5.88 Å². The Balaban J connectivity index is 1.84. The van der Waals surface area contributed by atoms with Gasteiger partial charge in [0.05, 0.1) is 34.4 Å². The fourth-order valence-corrected chi connectivity index (χ4v) is 4.09. The van der Waals surface area contributed by atoms with Crippen molar-refractivity contribution in [1.82, 2.24) is 4.98 Å². The zero-order chi connectivity index (χ0) is 26.9. The number of carboxylic acids is 1. The predicted molar refractivity (Wildman–Crippen MR) is 141 cm³/mol. The van der Waals surface area contributed by atoms with Gasteiger partial charge in [0.1, 0.15) is 5.82 Å². The Labute approximate surface area is 212 Å². The lowest BCUT2D eigenvalue weighted by Crippen LogP contribution is -2.49. The number of nitrogens with zero attached hydrogens (tertiary/aromatic N) is 2. The van der Waals surface area contributed by atoms with Crippen LogP contribution in [0.5, 0.6) is 5.88 Å². The number of fused-ring (bicyclic) bond motifs is 1. The molecule has 5 N–H and O–H groups in total. The monoisotopic (exact) mass is 502 g/mol. The van der Waals surface area contributed by atoms with Gasteiger partial charge in [-0.05, 0) is 67.9 Å². The fraction of sp³-hybridized carbons (Fsp3) is 0.179. The number of halogens is 1. The maximum Gasteiger partial charge on any atom is 0.307 e. The van der Waals surface area contributed by atoms with Crippen LogP contribution in [0.1, 0.15) is 30.5 Å². The van der Waals surface area contributed by atoms with E-state index in [-0.39, 0.29) is 18.2 Å². The largest absolute Gasteiger partial charge is 0.494 e. The number of aliphatic carboxylic acids is 1. The lowest BCUT2D eigenvalue weighted by atomic mass is 9.98. The second-order valence-corrected chi connectivity index (χ2v) is 9.37. The molecule has 1 aromatic heterocycles. The SMILES string of the molecule is CN(C(=O)C(C)(C)N)c1ccc(N=C(c2cccc(CC(=O)O)c2)c2c(O)[nH]c3cc(F)ccc23)cc1. The van der Waals surface area contributed by atoms with Crippen molar-refractivity contribution in [3.63, 3.8) is 0 Å². The van der Waals surface area contributed by atoms with Crippen LogP contribution in [0.25, 0.3) is 10.9 Å². The average Bonchev–Trinajstić information content (AvgIpc) is 3.15. The first-order valence-electron chi connectivity index (χ1n) is 11.5. The molecule has 37 heavy (non-hydrogen) atoms. The summed E-state index contributed by atoms with van der Waals surface area (Å²) in [5.74, 6) is -1.89. The number of aromatic nitrogens is 1. The third kappa shape index (κ3) is 5.52. The minimum Gasteiger partial charge on any atom is -0.494 e. The molecule has 9 heteroatoms. The molecule has 1 amide bonds. The number of hydrogen-bond donors (Lipinski definition) is 4. The highest BCUT2D eigenvalue weighted by molar-refractivity contribution is 6.22. The highest BCUT2D eigenvalue weighted by Crippen LogP contribution is 2.32. The molecule has 0 spiro atoms. The van der Waals surface area contributed by atoms with E-state index in [0.29, 0.717) is 44.7 Å². The molecule has 8 nitrogen and oxygen atoms in total. The van der Waals surface area contributed by atoms with E-state index in [0.717, 1.165) is 0 Å². The Bertz CT molecular complexity index is 1520. The number of nitrogens with two attached hydrogens (primary N) is 1. The maximum atomic E-state index is 13.8. The first-order valence-corrected chi connectivity index (χ1v) is 11.5. The molecule has 0 radical (unpaired) electrons. The van der Waals surface area contributed by atoms with Crippen LogP contribution in [0.3, 0.4) is 0 Å². The Kier molecular flexibility index (Phi) is 6.82. The highest BCUT2D eigenvalue weighted by atomic mass is 19.1. The topological polar surface area (TPSA) is 132 Å². The van der Waals surface area contributed by atoms with Gasteiger partial charge in [-0.25, -0.2) is 9.38 Å². The molecule has 4 aromatic rings. The van der Waals surface area contributed by atoms with Crippen molar-refractivity contribution in [3.05, 3.63) is 89.2 Å². The fourth-order valence-electron chi connectivity index (χ4n) is 4.09. The molecule has 0 aliphatic heterocycles. The third-order valence-corrected chi connectivity index (χ3v) is 5.87. The molecule has 190 valence electrons. The quantitative estimate of drug-likeness (QED) is 0.276. The normalized spacial score (nSPS) is 12.1. The summed E-state index contributed by atoms with van der Waals surface area (Å²) in [6.45, 7) is 3.27. The number of amides is 1. The van der Waals surface area contributed by atoms with Gasteiger partial charge in [-0.3, -0.25) is 9.59 Å². The van der Waals surface area contributed by atoms with Crippen LogP contribution in [-0.2, 0) is 16.0 Å². The average molecular weight is 503 g/mol. The molecule has 0 aliphatic carbocycles. The molecule has 0 saturated carbocycles. The molecule has 3 aromatic carbocycles. The van der Waals surface area contributed by atoms with Crippen LogP contribution in [0.15, 0.2) is 71.7 Å². The molecule has 0 fully saturated rings. The summed E-state index contributed by atoms with van der Waals surface area (Å²) in [7, 11) is 1.64. The van der Waals surface area contributed by atoms with Gasteiger partial charge in [-0.2, -0.15) is 0 Å². The van der Waals surface area contributed by atoms with Crippen molar-refractivity contribution in [2.45, 2.75) is 25.8 Å². The Morgan fingerprint density at radius 1 is 1.08 bits per heavy atom. The van der Waals surface area contributed by atoms with Crippen LogP contribution in [-0.4, -0.2) is 45.4 Å². The lowest BCUT2D eigenvalue weighted by Gasteiger charge is -2.25. The van der Waals surface area contributed by atoms with Gasteiger partial charge in [0.2, 0.25) is 5.91 Å². The number of rotatable bonds is 7. The molecule has 0 saturated heterocycles. The number of aromatic hydroxyl groups is 1. The van der Waals surface area contributed by atoms with E-state index in [2.05, 4.69) is 4.98 Å². The molecule has 0 bridgehead atoms. The number of carbonyl (C=O) groups is 2. The van der Waals surface area contributed by atoms with Gasteiger partial charge in [-0.1, -0.05) is 18.2 Å². The standard InChI is InChI=1S/C28H27FN4O4/c1-28(2,30)27(37)33(3)20-10-8-19(9-11-20)31-25(17-6-4-5-16(13-17)14-23(34)35)24-21-12-7-18(29)15-22(21)32-26(24)36/h4-13,15,32,36H,14,30H2,1-3H3,(H,34,35). The molecule has 0 atom stereocenters. The van der Waals surface area contributed by atoms with Crippen LogP contribution in [0, 0.1) is 5.82 Å². The van der Waals surface area contributed by atoms with Gasteiger partial charge in [-0.15, -0.1) is 0 Å². The van der Waals surface area contributed by atoms with Gasteiger partial charge < -0.3 is 25.8 Å². The second kappa shape index (κ2) is 9.87. The summed E-state index contributed by atoms with van der Waals surface area (Å²) in [5.41, 5.74) is 8.28. The van der Waals surface area contributed by atoms with E-state index in [1.54, 1.807) is 75.5 Å². The Hall–Kier alpha value is -4.50. The predicted octanol–water partition coefficient (Wildman–Crippen LogP) is 4.51. The minimum absolute atomic E-state index is 0.182. The van der Waals surface area contributed by atoms with E-state index in [9.17, 15) is 24.2 Å². The third-order valence-electron chi connectivity index (χ3n) is 5.87. The van der Waals surface area contributed by atoms with Gasteiger partial charge in [0, 0.05) is 23.7 Å². The minimum atomic E-state index is -1.04. The Morgan fingerprint density at radius 3 is 2.43 bits per heavy atom. The van der Waals surface area contributed by atoms with Crippen molar-refractivity contribution in [1.29, 1.82) is 0 Å². The number of anilines is 1. The number of aliphatic imine (C=N–C) groups is 1. The van der Waals surface area contributed by atoms with E-state index in [1.165, 1.54) is 17.0 Å². The molecule has 0 unspecified atom stereocenters. The first-order chi connectivity index (χ1) is 17.4. The van der Waals surface area contributed by atoms with Crippen LogP contribution < -0.4 is 10.6 Å². The highest BCUT2D eigenvalue weighted by Gasteiger charge is 2.26. The smallest absolute Gasteiger partial charge is 0.307 e. The lowest BCUT2D eigenvalue weighted by molar-refractivity contribution is -0.136. The van der Waals surface area contributed by atoms with Crippen LogP contribution in [0.4, 0.5) is 15.8 Å². The molecule has 0 aliphatic rings. The van der Waals surface area contributed by atoms with Crippen LogP contribution in [0.2, 0.25) is 0 Å². The summed E-state index contributed by atoms with van der Waals surface area (Å²) in [4.78, 5) is 32.9. The number of carboxylic acid groups (broad SMARTS) is 1. The zero-order valence-electron chi connectivity index (χ0n) is 20.6. The second-order valence-electron chi connectivity index (χ2n) is 9.37. The number of benzene rings is 3. The molecule has 4 rings (SSSR count). The number of likely N-dealkylation sites (N-methyl/N-ethyl adjacent to an activating group) is 1. The van der Waals surface area contributed by atoms with Crippen molar-refractivity contribution in [3.8, 4) is 5.88 Å². The van der Waals surface area contributed by atoms with E-state index < -0.39 is 17.3 Å². The van der Waals surface area contributed by atoms with E-state index >= 15 is 0 Å². The van der Waals surface area contributed by atoms with Crippen molar-refractivity contribution in [2.75, 3.05) is 11.9 Å². The summed E-state index contributed by atoms with van der Waals surface area (Å²) < 4.78 is 13.8. The number of nitrogens with one attached hydrogen (secondary N) is 1. The van der Waals surface area contributed by atoms with E-state index in [1.807, 2.05) is 0 Å². The van der Waals surface area contributed by atoms with Crippen LogP contribution >= 0.6 is 0 Å². The number of H-pyrrole nitrogens is 1. The number of carbonyl (C=O) groups excluding carboxylic acids is 1. The first kappa shape index (κ1) is 25.6. The maximum absolute atomic E-state index is 13.8. The summed E-state index contributed by atoms with van der Waals surface area (Å²) in [5, 5.41) is 20.6. The Morgan fingerprint density at radius 2 is 1.78 bits per heavy atom. The van der Waals surface area contributed by atoms with Gasteiger partial charge >= 0.3 is 5.97 Å². The van der Waals surface area contributed by atoms with Crippen molar-refractivity contribution >= 4 is 39.9 Å². The van der Waals surface area contributed by atoms with Gasteiger partial charge in [0.25, 0.3) is 0 Å². The summed E-state index contributed by atoms with van der Waals surface area (Å²) in [6, 6.07) is 17.9. The van der Waals surface area contributed by atoms with E-state index in [4.69, 9.17) is 10.7 Å². The summed E-state index contributed by atoms with van der Waals surface area (Å²) >= 11 is 0. The number of aromatic amines is 1. The zero-order valence-corrected chi connectivity index (χ0v) is 20.6. The summed E-state index contributed by atoms with van der Waals surface area (Å²) in [6.07, 6.45) is -0.182. The van der Waals surface area contributed by atoms with Crippen molar-refractivity contribution < 1.29 is 24.2 Å². The molecular weight excluding hydrogens is 475 g/mol. The molecule has 1 heterocycles.